The SMILES string of the molecule is CCC1CCC(C(=O)N2CCC(OC)CC2CN)CC1. The predicted octanol–water partition coefficient (Wildman–Crippen LogP) is 2.17. The van der Waals surface area contributed by atoms with E-state index in [1.54, 1.807) is 7.11 Å². The van der Waals surface area contributed by atoms with Gasteiger partial charge in [-0.3, -0.25) is 4.79 Å². The molecule has 0 radical (unpaired) electrons. The van der Waals surface area contributed by atoms with Crippen molar-refractivity contribution in [2.24, 2.45) is 17.6 Å². The summed E-state index contributed by atoms with van der Waals surface area (Å²) < 4.78 is 5.43. The Hall–Kier alpha value is -0.610. The molecule has 0 aromatic carbocycles. The number of nitrogens with zero attached hydrogens (tertiary/aromatic N) is 1. The first-order chi connectivity index (χ1) is 9.69. The van der Waals surface area contributed by atoms with E-state index in [0.717, 1.165) is 38.1 Å². The molecule has 2 N–H and O–H groups in total. The first-order valence-electron chi connectivity index (χ1n) is 8.22. The van der Waals surface area contributed by atoms with Crippen LogP contribution >= 0.6 is 0 Å². The molecule has 1 saturated heterocycles. The first kappa shape index (κ1) is 15.8. The second-order valence-electron chi connectivity index (χ2n) is 6.43. The Morgan fingerprint density at radius 3 is 2.50 bits per heavy atom. The number of rotatable bonds is 4. The lowest BCUT2D eigenvalue weighted by molar-refractivity contribution is -0.142. The molecule has 2 atom stereocenters. The summed E-state index contributed by atoms with van der Waals surface area (Å²) in [5.41, 5.74) is 5.87. The molecule has 2 unspecified atom stereocenters. The molecule has 1 heterocycles. The van der Waals surface area contributed by atoms with Crippen LogP contribution in [-0.4, -0.2) is 43.2 Å². The smallest absolute Gasteiger partial charge is 0.225 e. The second-order valence-corrected chi connectivity index (χ2v) is 6.43. The zero-order valence-corrected chi connectivity index (χ0v) is 13.0. The number of piperidine rings is 1. The molecule has 2 aliphatic rings. The molecule has 20 heavy (non-hydrogen) atoms. The number of hydrogen-bond acceptors (Lipinski definition) is 3. The largest absolute Gasteiger partial charge is 0.381 e. The molecular formula is C16H30N2O2. The van der Waals surface area contributed by atoms with Gasteiger partial charge in [0.1, 0.15) is 0 Å². The van der Waals surface area contributed by atoms with Crippen LogP contribution in [0.5, 0.6) is 0 Å². The van der Waals surface area contributed by atoms with Crippen LogP contribution < -0.4 is 5.73 Å². The lowest BCUT2D eigenvalue weighted by atomic mass is 9.80. The van der Waals surface area contributed by atoms with E-state index in [1.807, 2.05) is 4.90 Å². The van der Waals surface area contributed by atoms with Gasteiger partial charge in [-0.1, -0.05) is 13.3 Å². The van der Waals surface area contributed by atoms with Crippen LogP contribution in [0.1, 0.15) is 51.9 Å². The molecule has 2 rings (SSSR count). The maximum Gasteiger partial charge on any atom is 0.225 e. The Bertz CT molecular complexity index is 314. The topological polar surface area (TPSA) is 55.6 Å². The van der Waals surface area contributed by atoms with Crippen molar-refractivity contribution in [1.82, 2.24) is 4.90 Å². The van der Waals surface area contributed by atoms with E-state index in [9.17, 15) is 4.79 Å². The summed E-state index contributed by atoms with van der Waals surface area (Å²) in [6, 6.07) is 0.171. The molecule has 1 amide bonds. The van der Waals surface area contributed by atoms with Gasteiger partial charge in [-0.15, -0.1) is 0 Å². The highest BCUT2D eigenvalue weighted by atomic mass is 16.5. The maximum atomic E-state index is 12.7. The Kier molecular flexibility index (Phi) is 5.85. The fourth-order valence-corrected chi connectivity index (χ4v) is 3.79. The number of likely N-dealkylation sites (tertiary alicyclic amines) is 1. The van der Waals surface area contributed by atoms with Gasteiger partial charge in [-0.05, 0) is 44.4 Å². The van der Waals surface area contributed by atoms with Crippen LogP contribution in [0.4, 0.5) is 0 Å². The highest BCUT2D eigenvalue weighted by Gasteiger charge is 2.35. The Morgan fingerprint density at radius 1 is 1.25 bits per heavy atom. The minimum atomic E-state index is 0.171. The van der Waals surface area contributed by atoms with Crippen molar-refractivity contribution in [3.8, 4) is 0 Å². The summed E-state index contributed by atoms with van der Waals surface area (Å²) in [5.74, 6) is 1.43. The van der Waals surface area contributed by atoms with Crippen LogP contribution in [-0.2, 0) is 9.53 Å². The highest BCUT2D eigenvalue weighted by Crippen LogP contribution is 2.33. The summed E-state index contributed by atoms with van der Waals surface area (Å²) >= 11 is 0. The quantitative estimate of drug-likeness (QED) is 0.859. The van der Waals surface area contributed by atoms with Crippen LogP contribution in [0.25, 0.3) is 0 Å². The molecule has 1 aliphatic carbocycles. The standard InChI is InChI=1S/C16H30N2O2/c1-3-12-4-6-13(7-5-12)16(19)18-9-8-15(20-2)10-14(18)11-17/h12-15H,3-11,17H2,1-2H3. The molecule has 0 spiro atoms. The monoisotopic (exact) mass is 282 g/mol. The summed E-state index contributed by atoms with van der Waals surface area (Å²) in [6.45, 7) is 3.62. The Morgan fingerprint density at radius 2 is 1.95 bits per heavy atom. The van der Waals surface area contributed by atoms with Gasteiger partial charge >= 0.3 is 0 Å². The Balaban J connectivity index is 1.91. The normalized spacial score (nSPS) is 35.0. The average molecular weight is 282 g/mol. The predicted molar refractivity (Wildman–Crippen MR) is 80.3 cm³/mol. The molecule has 0 aromatic rings. The molecule has 0 aromatic heterocycles. The molecule has 4 heteroatoms. The molecule has 1 saturated carbocycles. The third-order valence-corrected chi connectivity index (χ3v) is 5.33. The van der Waals surface area contributed by atoms with Crippen molar-refractivity contribution >= 4 is 5.91 Å². The summed E-state index contributed by atoms with van der Waals surface area (Å²) in [6.07, 6.45) is 7.93. The molecule has 0 bridgehead atoms. The van der Waals surface area contributed by atoms with Crippen LogP contribution in [0.15, 0.2) is 0 Å². The number of methoxy groups -OCH3 is 1. The number of ether oxygens (including phenoxy) is 1. The van der Waals surface area contributed by atoms with Gasteiger partial charge in [0, 0.05) is 32.2 Å². The van der Waals surface area contributed by atoms with Crippen molar-refractivity contribution in [3.63, 3.8) is 0 Å². The zero-order chi connectivity index (χ0) is 14.5. The number of hydrogen-bond donors (Lipinski definition) is 1. The van der Waals surface area contributed by atoms with Crippen molar-refractivity contribution in [2.75, 3.05) is 20.2 Å². The molecule has 2 fully saturated rings. The third kappa shape index (κ3) is 3.53. The van der Waals surface area contributed by atoms with Crippen molar-refractivity contribution in [1.29, 1.82) is 0 Å². The summed E-state index contributed by atoms with van der Waals surface area (Å²) in [7, 11) is 1.75. The Labute approximate surface area is 123 Å². The van der Waals surface area contributed by atoms with Gasteiger partial charge in [-0.2, -0.15) is 0 Å². The highest BCUT2D eigenvalue weighted by molar-refractivity contribution is 5.79. The van der Waals surface area contributed by atoms with Crippen molar-refractivity contribution < 1.29 is 9.53 Å². The van der Waals surface area contributed by atoms with E-state index in [-0.39, 0.29) is 18.1 Å². The minimum absolute atomic E-state index is 0.171. The molecule has 116 valence electrons. The number of carbonyl (C=O) groups excluding carboxylic acids is 1. The molecule has 1 aliphatic heterocycles. The summed E-state index contributed by atoms with van der Waals surface area (Å²) in [5, 5.41) is 0. The average Bonchev–Trinajstić information content (AvgIpc) is 2.53. The minimum Gasteiger partial charge on any atom is -0.381 e. The van der Waals surface area contributed by atoms with Gasteiger partial charge in [0.05, 0.1) is 6.10 Å². The van der Waals surface area contributed by atoms with Crippen LogP contribution in [0, 0.1) is 11.8 Å². The lowest BCUT2D eigenvalue weighted by Gasteiger charge is -2.41. The first-order valence-corrected chi connectivity index (χ1v) is 8.22. The van der Waals surface area contributed by atoms with Crippen molar-refractivity contribution in [3.05, 3.63) is 0 Å². The fraction of sp³-hybridized carbons (Fsp3) is 0.938. The van der Waals surface area contributed by atoms with Gasteiger partial charge in [-0.25, -0.2) is 0 Å². The maximum absolute atomic E-state index is 12.7. The number of carbonyl (C=O) groups is 1. The third-order valence-electron chi connectivity index (χ3n) is 5.33. The van der Waals surface area contributed by atoms with E-state index in [4.69, 9.17) is 10.5 Å². The van der Waals surface area contributed by atoms with E-state index < -0.39 is 0 Å². The number of nitrogens with two attached hydrogens (primary N) is 1. The van der Waals surface area contributed by atoms with Gasteiger partial charge in [0.2, 0.25) is 5.91 Å². The van der Waals surface area contributed by atoms with E-state index in [1.165, 1.54) is 19.3 Å². The van der Waals surface area contributed by atoms with Crippen LogP contribution in [0.3, 0.4) is 0 Å². The second kappa shape index (κ2) is 7.41. The zero-order valence-electron chi connectivity index (χ0n) is 13.0. The molecule has 4 nitrogen and oxygen atoms in total. The van der Waals surface area contributed by atoms with E-state index in [2.05, 4.69) is 6.92 Å². The molecular weight excluding hydrogens is 252 g/mol. The van der Waals surface area contributed by atoms with Crippen molar-refractivity contribution in [2.45, 2.75) is 64.0 Å². The van der Waals surface area contributed by atoms with E-state index >= 15 is 0 Å². The fourth-order valence-electron chi connectivity index (χ4n) is 3.79. The van der Waals surface area contributed by atoms with E-state index in [0.29, 0.717) is 12.5 Å². The van der Waals surface area contributed by atoms with Crippen LogP contribution in [0.2, 0.25) is 0 Å². The lowest BCUT2D eigenvalue weighted by Crippen LogP contribution is -2.53. The van der Waals surface area contributed by atoms with Gasteiger partial charge < -0.3 is 15.4 Å². The summed E-state index contributed by atoms with van der Waals surface area (Å²) in [4.78, 5) is 14.8. The van der Waals surface area contributed by atoms with Gasteiger partial charge in [0.25, 0.3) is 0 Å². The number of amides is 1. The van der Waals surface area contributed by atoms with Gasteiger partial charge in [0.15, 0.2) is 0 Å².